The van der Waals surface area contributed by atoms with Gasteiger partial charge in [-0.3, -0.25) is 19.3 Å². The van der Waals surface area contributed by atoms with Crippen LogP contribution in [0.3, 0.4) is 0 Å². The van der Waals surface area contributed by atoms with Crippen LogP contribution in [0.5, 0.6) is 0 Å². The average Bonchev–Trinajstić information content (AvgIpc) is 3.60. The minimum atomic E-state index is -0.922. The van der Waals surface area contributed by atoms with Crippen molar-refractivity contribution in [1.82, 2.24) is 10.6 Å². The van der Waals surface area contributed by atoms with Crippen molar-refractivity contribution in [2.24, 2.45) is 0 Å². The number of thiophene rings is 1. The molecular weight excluding hydrogens is 486 g/mol. The summed E-state index contributed by atoms with van der Waals surface area (Å²) in [6, 6.07) is 15.8. The van der Waals surface area contributed by atoms with E-state index in [1.807, 2.05) is 68.6 Å². The molecule has 0 spiro atoms. The summed E-state index contributed by atoms with van der Waals surface area (Å²) in [5.41, 5.74) is 4.18. The number of anilines is 1. The van der Waals surface area contributed by atoms with Gasteiger partial charge in [-0.15, -0.1) is 11.3 Å². The van der Waals surface area contributed by atoms with Crippen molar-refractivity contribution in [3.8, 4) is 0 Å². The van der Waals surface area contributed by atoms with Gasteiger partial charge in [-0.05, 0) is 61.7 Å². The molecule has 2 aromatic carbocycles. The molecule has 1 aliphatic rings. The van der Waals surface area contributed by atoms with Crippen LogP contribution in [0.25, 0.3) is 0 Å². The van der Waals surface area contributed by atoms with Crippen molar-refractivity contribution < 1.29 is 19.1 Å². The van der Waals surface area contributed by atoms with Crippen LogP contribution < -0.4 is 15.5 Å². The molecule has 0 bridgehead atoms. The van der Waals surface area contributed by atoms with Crippen molar-refractivity contribution >= 4 is 34.7 Å². The second kappa shape index (κ2) is 12.2. The molecule has 1 fully saturated rings. The molecule has 7 nitrogen and oxygen atoms in total. The molecule has 2 heterocycles. The zero-order valence-electron chi connectivity index (χ0n) is 21.5. The molecule has 8 heteroatoms. The lowest BCUT2D eigenvalue weighted by atomic mass is 9.98. The van der Waals surface area contributed by atoms with E-state index in [0.717, 1.165) is 29.5 Å². The van der Waals surface area contributed by atoms with Crippen molar-refractivity contribution in [2.45, 2.75) is 45.8 Å². The molecule has 0 radical (unpaired) electrons. The maximum Gasteiger partial charge on any atom is 0.261 e. The number of amides is 3. The molecule has 0 aliphatic carbocycles. The van der Waals surface area contributed by atoms with Crippen LogP contribution >= 0.6 is 11.3 Å². The maximum absolute atomic E-state index is 13.9. The van der Waals surface area contributed by atoms with Crippen LogP contribution in [-0.2, 0) is 14.3 Å². The van der Waals surface area contributed by atoms with Crippen LogP contribution in [0.4, 0.5) is 5.69 Å². The zero-order valence-corrected chi connectivity index (χ0v) is 22.3. The van der Waals surface area contributed by atoms with Crippen LogP contribution in [-0.4, -0.2) is 43.5 Å². The fourth-order valence-corrected chi connectivity index (χ4v) is 5.50. The van der Waals surface area contributed by atoms with Gasteiger partial charge in [-0.2, -0.15) is 0 Å². The molecule has 1 aromatic heterocycles. The third-order valence-electron chi connectivity index (χ3n) is 6.44. The number of hydrogen-bond donors (Lipinski definition) is 2. The summed E-state index contributed by atoms with van der Waals surface area (Å²) >= 11 is 1.31. The first kappa shape index (κ1) is 26.6. The summed E-state index contributed by atoms with van der Waals surface area (Å²) in [6.07, 6.45) is 1.83. The summed E-state index contributed by atoms with van der Waals surface area (Å²) in [5, 5.41) is 7.57. The normalized spacial score (nSPS) is 15.7. The number of ether oxygens (including phenoxy) is 1. The van der Waals surface area contributed by atoms with E-state index in [9.17, 15) is 14.4 Å². The van der Waals surface area contributed by atoms with Gasteiger partial charge in [-0.25, -0.2) is 0 Å². The molecular formula is C29H33N3O4S. The number of carbonyl (C=O) groups is 3. The molecule has 2 atom stereocenters. The third kappa shape index (κ3) is 6.45. The van der Waals surface area contributed by atoms with Gasteiger partial charge in [-0.1, -0.05) is 54.1 Å². The highest BCUT2D eigenvalue weighted by Crippen LogP contribution is 2.34. The number of nitrogens with zero attached hydrogens (tertiary/aromatic N) is 1. The number of benzene rings is 2. The van der Waals surface area contributed by atoms with E-state index in [2.05, 4.69) is 10.6 Å². The summed E-state index contributed by atoms with van der Waals surface area (Å²) in [4.78, 5) is 42.4. The van der Waals surface area contributed by atoms with Gasteiger partial charge in [0.05, 0.1) is 23.2 Å². The Balaban J connectivity index is 1.70. The van der Waals surface area contributed by atoms with Gasteiger partial charge in [0.25, 0.3) is 5.91 Å². The first-order chi connectivity index (χ1) is 17.8. The highest BCUT2D eigenvalue weighted by Gasteiger charge is 2.35. The third-order valence-corrected chi connectivity index (χ3v) is 7.31. The average molecular weight is 520 g/mol. The van der Waals surface area contributed by atoms with Crippen LogP contribution in [0.1, 0.15) is 50.8 Å². The van der Waals surface area contributed by atoms with E-state index in [1.165, 1.54) is 11.3 Å². The molecule has 37 heavy (non-hydrogen) atoms. The summed E-state index contributed by atoms with van der Waals surface area (Å²) in [6.45, 7) is 6.70. The van der Waals surface area contributed by atoms with Gasteiger partial charge in [0.2, 0.25) is 11.8 Å². The Morgan fingerprint density at radius 2 is 1.76 bits per heavy atom. The van der Waals surface area contributed by atoms with Crippen molar-refractivity contribution in [1.29, 1.82) is 0 Å². The topological polar surface area (TPSA) is 87.7 Å². The fraction of sp³-hybridized carbons (Fsp3) is 0.345. The largest absolute Gasteiger partial charge is 0.376 e. The van der Waals surface area contributed by atoms with Crippen molar-refractivity contribution in [2.75, 3.05) is 24.6 Å². The lowest BCUT2D eigenvalue weighted by molar-refractivity contribution is -0.126. The molecule has 0 saturated carbocycles. The van der Waals surface area contributed by atoms with E-state index >= 15 is 0 Å². The Morgan fingerprint density at radius 3 is 2.38 bits per heavy atom. The molecule has 0 unspecified atom stereocenters. The van der Waals surface area contributed by atoms with Gasteiger partial charge in [0.1, 0.15) is 6.04 Å². The first-order valence-electron chi connectivity index (χ1n) is 12.5. The van der Waals surface area contributed by atoms with E-state index in [1.54, 1.807) is 17.0 Å². The lowest BCUT2D eigenvalue weighted by Crippen LogP contribution is -2.49. The Hall–Kier alpha value is -3.49. The molecule has 4 rings (SSSR count). The van der Waals surface area contributed by atoms with E-state index in [4.69, 9.17) is 4.74 Å². The Labute approximate surface area is 221 Å². The van der Waals surface area contributed by atoms with Crippen LogP contribution in [0, 0.1) is 20.8 Å². The Morgan fingerprint density at radius 1 is 1.03 bits per heavy atom. The van der Waals surface area contributed by atoms with Crippen LogP contribution in [0.15, 0.2) is 60.0 Å². The summed E-state index contributed by atoms with van der Waals surface area (Å²) in [7, 11) is 0. The maximum atomic E-state index is 13.9. The minimum absolute atomic E-state index is 0.0301. The van der Waals surface area contributed by atoms with Gasteiger partial charge < -0.3 is 15.4 Å². The molecule has 3 amide bonds. The van der Waals surface area contributed by atoms with E-state index < -0.39 is 6.04 Å². The van der Waals surface area contributed by atoms with E-state index in [-0.39, 0.29) is 30.4 Å². The van der Waals surface area contributed by atoms with Gasteiger partial charge >= 0.3 is 0 Å². The standard InChI is InChI=1S/C29H33N3O4S/c1-19-15-20(2)26(21(3)16-19)32(25(33)18-31-28(34)24-12-8-14-37-24)27(22-9-5-4-6-10-22)29(35)30-17-23-11-7-13-36-23/h4-6,8-10,12,14-16,23,27H,7,11,13,17-18H2,1-3H3,(H,30,35)(H,31,34)/t23-,27-/m1/s1. The zero-order chi connectivity index (χ0) is 26.4. The Bertz CT molecular complexity index is 1210. The predicted molar refractivity (Wildman–Crippen MR) is 146 cm³/mol. The molecule has 2 N–H and O–H groups in total. The quantitative estimate of drug-likeness (QED) is 0.437. The lowest BCUT2D eigenvalue weighted by Gasteiger charge is -2.34. The number of carbonyl (C=O) groups excluding carboxylic acids is 3. The summed E-state index contributed by atoms with van der Waals surface area (Å²) < 4.78 is 5.69. The molecule has 194 valence electrons. The number of hydrogen-bond acceptors (Lipinski definition) is 5. The second-order valence-electron chi connectivity index (χ2n) is 9.36. The monoisotopic (exact) mass is 519 g/mol. The summed E-state index contributed by atoms with van der Waals surface area (Å²) in [5.74, 6) is -0.986. The fourth-order valence-electron chi connectivity index (χ4n) is 4.86. The van der Waals surface area contributed by atoms with Gasteiger partial charge in [0.15, 0.2) is 0 Å². The second-order valence-corrected chi connectivity index (χ2v) is 10.3. The smallest absolute Gasteiger partial charge is 0.261 e. The highest BCUT2D eigenvalue weighted by atomic mass is 32.1. The van der Waals surface area contributed by atoms with Crippen molar-refractivity contribution in [3.05, 3.63) is 87.1 Å². The molecule has 1 saturated heterocycles. The SMILES string of the molecule is Cc1cc(C)c(N(C(=O)CNC(=O)c2cccs2)[C@@H](C(=O)NC[C@H]2CCCO2)c2ccccc2)c(C)c1. The highest BCUT2D eigenvalue weighted by molar-refractivity contribution is 7.12. The molecule has 3 aromatic rings. The molecule has 1 aliphatic heterocycles. The minimum Gasteiger partial charge on any atom is -0.376 e. The number of rotatable bonds is 9. The predicted octanol–water partition coefficient (Wildman–Crippen LogP) is 4.47. The van der Waals surface area contributed by atoms with Crippen molar-refractivity contribution in [3.63, 3.8) is 0 Å². The first-order valence-corrected chi connectivity index (χ1v) is 13.4. The number of nitrogens with one attached hydrogen (secondary N) is 2. The number of aryl methyl sites for hydroxylation is 3. The Kier molecular flexibility index (Phi) is 8.74. The van der Waals surface area contributed by atoms with Crippen LogP contribution in [0.2, 0.25) is 0 Å². The van der Waals surface area contributed by atoms with E-state index in [0.29, 0.717) is 29.3 Å². The van der Waals surface area contributed by atoms with Gasteiger partial charge in [0, 0.05) is 13.2 Å².